The Bertz CT molecular complexity index is 518. The molecule has 1 saturated heterocycles. The lowest BCUT2D eigenvalue weighted by Crippen LogP contribution is -2.22. The molecule has 4 heteroatoms. The van der Waals surface area contributed by atoms with Gasteiger partial charge < -0.3 is 19.3 Å². The molecule has 1 heterocycles. The molecule has 1 unspecified atom stereocenters. The summed E-state index contributed by atoms with van der Waals surface area (Å²) in [5, 5.41) is 8.59. The van der Waals surface area contributed by atoms with Gasteiger partial charge in [0.05, 0.1) is 13.2 Å². The number of aliphatic hydroxyl groups excluding tert-OH is 1. The highest BCUT2D eigenvalue weighted by Crippen LogP contribution is 2.21. The Balaban J connectivity index is 0.00000191. The van der Waals surface area contributed by atoms with Gasteiger partial charge in [0.15, 0.2) is 5.79 Å². The molecule has 1 fully saturated rings. The van der Waals surface area contributed by atoms with Crippen LogP contribution in [-0.2, 0) is 14.2 Å². The van der Waals surface area contributed by atoms with E-state index in [2.05, 4.69) is 13.8 Å². The van der Waals surface area contributed by atoms with Crippen LogP contribution >= 0.6 is 0 Å². The minimum atomic E-state index is -0.493. The molecule has 1 aliphatic heterocycles. The zero-order valence-electron chi connectivity index (χ0n) is 32.2. The Morgan fingerprint density at radius 3 is 0.913 bits per heavy atom. The molecular weight excluding hydrogens is 568 g/mol. The van der Waals surface area contributed by atoms with Gasteiger partial charge >= 0.3 is 0 Å². The fourth-order valence-corrected chi connectivity index (χ4v) is 6.46. The highest BCUT2D eigenvalue weighted by Gasteiger charge is 2.31. The van der Waals surface area contributed by atoms with Crippen LogP contribution in [0.25, 0.3) is 0 Å². The number of rotatable bonds is 35. The summed E-state index contributed by atoms with van der Waals surface area (Å²) in [6.07, 6.45) is 45.9. The summed E-state index contributed by atoms with van der Waals surface area (Å²) < 4.78 is 16.3. The monoisotopic (exact) mass is 655 g/mol. The largest absolute Gasteiger partial charge is 0.394 e. The van der Waals surface area contributed by atoms with Crippen LogP contribution in [0.2, 0.25) is 0 Å². The van der Waals surface area contributed by atoms with Crippen molar-refractivity contribution < 1.29 is 19.3 Å². The van der Waals surface area contributed by atoms with Gasteiger partial charge in [-0.25, -0.2) is 0 Å². The Labute approximate surface area is 290 Å². The zero-order valence-corrected chi connectivity index (χ0v) is 32.2. The predicted molar refractivity (Wildman–Crippen MR) is 202 cm³/mol. The maximum Gasteiger partial charge on any atom is 0.163 e. The van der Waals surface area contributed by atoms with Crippen molar-refractivity contribution in [3.8, 4) is 0 Å². The van der Waals surface area contributed by atoms with Crippen molar-refractivity contribution in [2.45, 2.75) is 245 Å². The lowest BCUT2D eigenvalue weighted by molar-refractivity contribution is -0.142. The van der Waals surface area contributed by atoms with Crippen LogP contribution in [0.1, 0.15) is 233 Å². The second-order valence-electron chi connectivity index (χ2n) is 14.9. The molecule has 0 amide bonds. The van der Waals surface area contributed by atoms with Gasteiger partial charge in [-0.1, -0.05) is 206 Å². The minimum Gasteiger partial charge on any atom is -0.394 e. The first-order valence-corrected chi connectivity index (χ1v) is 21.1. The summed E-state index contributed by atoms with van der Waals surface area (Å²) in [5.74, 6) is -0.493. The highest BCUT2D eigenvalue weighted by molar-refractivity contribution is 4.69. The standard InChI is InChI=1S/C36H74O.C6H12O3/c1-3-5-7-9-11-13-15-17-19-21-23-25-27-29-31-33-35-37-36-34-32-30-28-26-24-22-20-18-16-14-12-10-8-6-4-2;1-6(2)8-4-5(3-7)9-6/h3-36H2,1-2H3;5,7H,3-4H2,1-2H3. The quantitative estimate of drug-likeness (QED) is 0.0691. The molecule has 0 spiro atoms. The fourth-order valence-electron chi connectivity index (χ4n) is 6.46. The topological polar surface area (TPSA) is 47.9 Å². The van der Waals surface area contributed by atoms with Crippen molar-refractivity contribution in [2.75, 3.05) is 26.4 Å². The molecule has 0 saturated carbocycles. The van der Waals surface area contributed by atoms with Crippen molar-refractivity contribution in [2.24, 2.45) is 0 Å². The summed E-state index contributed by atoms with van der Waals surface area (Å²) in [6, 6.07) is 0. The lowest BCUT2D eigenvalue weighted by atomic mass is 10.0. The number of hydrogen-bond donors (Lipinski definition) is 1. The lowest BCUT2D eigenvalue weighted by Gasteiger charge is -2.15. The molecule has 0 aromatic rings. The van der Waals surface area contributed by atoms with Crippen LogP contribution in [-0.4, -0.2) is 43.4 Å². The molecule has 0 aliphatic carbocycles. The second-order valence-corrected chi connectivity index (χ2v) is 14.9. The van der Waals surface area contributed by atoms with Gasteiger partial charge in [-0.3, -0.25) is 0 Å². The molecular formula is C42H86O4. The molecule has 0 bridgehead atoms. The first-order chi connectivity index (χ1) is 22.6. The van der Waals surface area contributed by atoms with Crippen molar-refractivity contribution in [3.63, 3.8) is 0 Å². The van der Waals surface area contributed by atoms with E-state index in [0.29, 0.717) is 6.61 Å². The van der Waals surface area contributed by atoms with E-state index in [1.54, 1.807) is 0 Å². The normalized spacial score (nSPS) is 15.7. The first-order valence-electron chi connectivity index (χ1n) is 21.1. The molecule has 1 atom stereocenters. The maximum absolute atomic E-state index is 8.59. The van der Waals surface area contributed by atoms with E-state index in [1.807, 2.05) is 13.8 Å². The van der Waals surface area contributed by atoms with E-state index in [4.69, 9.17) is 19.3 Å². The minimum absolute atomic E-state index is 0.0451. The van der Waals surface area contributed by atoms with Crippen molar-refractivity contribution in [3.05, 3.63) is 0 Å². The smallest absolute Gasteiger partial charge is 0.163 e. The van der Waals surface area contributed by atoms with E-state index in [9.17, 15) is 0 Å². The van der Waals surface area contributed by atoms with E-state index in [1.165, 1.54) is 205 Å². The van der Waals surface area contributed by atoms with Gasteiger partial charge in [0, 0.05) is 13.2 Å². The summed E-state index contributed by atoms with van der Waals surface area (Å²) in [7, 11) is 0. The van der Waals surface area contributed by atoms with Crippen LogP contribution in [0, 0.1) is 0 Å². The third-order valence-electron chi connectivity index (χ3n) is 9.56. The van der Waals surface area contributed by atoms with Gasteiger partial charge in [-0.05, 0) is 26.7 Å². The third kappa shape index (κ3) is 36.7. The zero-order chi connectivity index (χ0) is 33.7. The number of unbranched alkanes of at least 4 members (excludes halogenated alkanes) is 30. The van der Waals surface area contributed by atoms with E-state index in [-0.39, 0.29) is 12.7 Å². The van der Waals surface area contributed by atoms with Crippen molar-refractivity contribution >= 4 is 0 Å². The van der Waals surface area contributed by atoms with Crippen LogP contribution in [0.15, 0.2) is 0 Å². The van der Waals surface area contributed by atoms with Crippen molar-refractivity contribution in [1.82, 2.24) is 0 Å². The van der Waals surface area contributed by atoms with Gasteiger partial charge in [-0.2, -0.15) is 0 Å². The average molecular weight is 655 g/mol. The Morgan fingerprint density at radius 1 is 0.457 bits per heavy atom. The number of ether oxygens (including phenoxy) is 3. The summed E-state index contributed by atoms with van der Waals surface area (Å²) in [6.45, 7) is 10.8. The van der Waals surface area contributed by atoms with Gasteiger partial charge in [0.25, 0.3) is 0 Å². The van der Waals surface area contributed by atoms with E-state index in [0.717, 1.165) is 13.2 Å². The molecule has 1 aliphatic rings. The Morgan fingerprint density at radius 2 is 0.717 bits per heavy atom. The number of hydrogen-bond acceptors (Lipinski definition) is 4. The second kappa shape index (κ2) is 37.7. The Kier molecular flexibility index (Phi) is 37.5. The molecule has 46 heavy (non-hydrogen) atoms. The first kappa shape index (κ1) is 45.8. The molecule has 278 valence electrons. The summed E-state index contributed by atoms with van der Waals surface area (Å²) in [4.78, 5) is 0. The number of aliphatic hydroxyl groups is 1. The average Bonchev–Trinajstić information content (AvgIpc) is 3.42. The molecule has 1 N–H and O–H groups in total. The van der Waals surface area contributed by atoms with Gasteiger partial charge in [0.2, 0.25) is 0 Å². The maximum atomic E-state index is 8.59. The fraction of sp³-hybridized carbons (Fsp3) is 1.00. The van der Waals surface area contributed by atoms with E-state index >= 15 is 0 Å². The molecule has 0 radical (unpaired) electrons. The highest BCUT2D eigenvalue weighted by atomic mass is 16.7. The van der Waals surface area contributed by atoms with Crippen molar-refractivity contribution in [1.29, 1.82) is 0 Å². The van der Waals surface area contributed by atoms with E-state index < -0.39 is 5.79 Å². The predicted octanol–water partition coefficient (Wildman–Crippen LogP) is 13.7. The molecule has 0 aromatic heterocycles. The van der Waals surface area contributed by atoms with Crippen LogP contribution in [0.3, 0.4) is 0 Å². The Hall–Kier alpha value is -0.160. The van der Waals surface area contributed by atoms with Crippen LogP contribution in [0.4, 0.5) is 0 Å². The molecule has 1 rings (SSSR count). The summed E-state index contributed by atoms with van der Waals surface area (Å²) in [5.41, 5.74) is 0. The molecule has 0 aromatic carbocycles. The SMILES string of the molecule is CC1(C)OCC(CO)O1.CCCCCCCCCCCCCCCCCCOCCCCCCCCCCCCCCCCCC. The molecule has 4 nitrogen and oxygen atoms in total. The van der Waals surface area contributed by atoms with Gasteiger partial charge in [0.1, 0.15) is 6.10 Å². The van der Waals surface area contributed by atoms with Crippen LogP contribution in [0.5, 0.6) is 0 Å². The van der Waals surface area contributed by atoms with Gasteiger partial charge in [-0.15, -0.1) is 0 Å². The van der Waals surface area contributed by atoms with Crippen LogP contribution < -0.4 is 0 Å². The summed E-state index contributed by atoms with van der Waals surface area (Å²) >= 11 is 0. The third-order valence-corrected chi connectivity index (χ3v) is 9.56.